The Morgan fingerprint density at radius 3 is 1.41 bits per heavy atom. The van der Waals surface area contributed by atoms with Crippen LogP contribution < -0.4 is 0 Å². The Hall–Kier alpha value is -1.51. The maximum absolute atomic E-state index is 10.8. The van der Waals surface area contributed by atoms with Crippen molar-refractivity contribution in [2.45, 2.75) is 143 Å². The lowest BCUT2D eigenvalue weighted by Crippen LogP contribution is -2.42. The smallest absolute Gasteiger partial charge is 0.328 e. The number of rotatable bonds is 10. The number of unbranched alkanes of at least 4 members (excludes halogenated alkanes) is 1. The molecule has 230 valence electrons. The van der Waals surface area contributed by atoms with Gasteiger partial charge in [-0.15, -0.1) is 6.58 Å². The average Bonchev–Trinajstić information content (AvgIpc) is 2.82. The Balaban J connectivity index is 3.28. The molecule has 4 heteroatoms. The highest BCUT2D eigenvalue weighted by molar-refractivity contribution is 7.39. The molecule has 0 aliphatic rings. The molecule has 0 saturated heterocycles. The molecule has 0 aliphatic heterocycles. The Morgan fingerprint density at radius 2 is 1.12 bits per heavy atom. The van der Waals surface area contributed by atoms with Crippen molar-refractivity contribution in [1.29, 1.82) is 0 Å². The Kier molecular flexibility index (Phi) is 11.3. The van der Waals surface area contributed by atoms with E-state index in [-0.39, 0.29) is 27.6 Å². The van der Waals surface area contributed by atoms with E-state index in [0.29, 0.717) is 6.42 Å². The van der Waals surface area contributed by atoms with E-state index >= 15 is 0 Å². The summed E-state index contributed by atoms with van der Waals surface area (Å²) in [4.78, 5) is 21.6. The fourth-order valence-electron chi connectivity index (χ4n) is 5.94. The minimum Gasteiger partial charge on any atom is -0.328 e. The molecule has 0 spiro atoms. The first-order valence-electron chi connectivity index (χ1n) is 15.4. The molecule has 0 aromatic heterocycles. The lowest BCUT2D eigenvalue weighted by Gasteiger charge is -2.46. The summed E-state index contributed by atoms with van der Waals surface area (Å²) in [5.41, 5.74) is 5.32. The molecule has 0 radical (unpaired) electrons. The molecule has 1 unspecified atom stereocenters. The molecule has 3 nitrogen and oxygen atoms in total. The fourth-order valence-corrected chi connectivity index (χ4v) is 6.54. The van der Waals surface area contributed by atoms with Crippen LogP contribution in [-0.4, -0.2) is 9.79 Å². The van der Waals surface area contributed by atoms with Crippen molar-refractivity contribution in [3.05, 3.63) is 82.4 Å². The van der Waals surface area contributed by atoms with Crippen LogP contribution in [0.4, 0.5) is 0 Å². The van der Waals surface area contributed by atoms with Crippen LogP contribution in [0, 0.1) is 5.92 Å². The molecule has 2 aromatic rings. The first kappa shape index (κ1) is 35.7. The Labute approximate surface area is 253 Å². The van der Waals surface area contributed by atoms with Gasteiger partial charge in [-0.1, -0.05) is 145 Å². The highest BCUT2D eigenvalue weighted by Crippen LogP contribution is 2.55. The molecular formula is C37H59O3P. The van der Waals surface area contributed by atoms with E-state index in [4.69, 9.17) is 4.52 Å². The first-order valence-corrected chi connectivity index (χ1v) is 16.6. The third-order valence-corrected chi connectivity index (χ3v) is 8.80. The standard InChI is InChI=1S/C37H59O3P/c1-15-17-19-26(18-16-2)37(40-41(38)39,29-22-20-27(33(3,4)5)24-31(29)35(9,10)11)30-23-21-28(34(6,7)8)25-32(30)36(12,13)14/h16,20-26,38-39H,2,15,17-19H2,1,3-14H3. The van der Waals surface area contributed by atoms with Gasteiger partial charge in [0.15, 0.2) is 0 Å². The summed E-state index contributed by atoms with van der Waals surface area (Å²) in [6.07, 6.45) is 5.59. The van der Waals surface area contributed by atoms with Crippen LogP contribution in [0.5, 0.6) is 0 Å². The second kappa shape index (κ2) is 13.0. The molecular weight excluding hydrogens is 523 g/mol. The van der Waals surface area contributed by atoms with Gasteiger partial charge in [-0.3, -0.25) is 4.52 Å². The highest BCUT2D eigenvalue weighted by atomic mass is 31.2. The van der Waals surface area contributed by atoms with E-state index in [1.165, 1.54) is 22.3 Å². The Morgan fingerprint density at radius 1 is 0.707 bits per heavy atom. The maximum atomic E-state index is 10.8. The minimum absolute atomic E-state index is 0.0315. The molecule has 2 aromatic carbocycles. The molecule has 41 heavy (non-hydrogen) atoms. The number of allylic oxidation sites excluding steroid dienone is 1. The Bertz CT molecular complexity index is 1090. The van der Waals surface area contributed by atoms with Crippen molar-refractivity contribution in [3.63, 3.8) is 0 Å². The van der Waals surface area contributed by atoms with E-state index in [9.17, 15) is 9.79 Å². The van der Waals surface area contributed by atoms with E-state index in [0.717, 1.165) is 30.4 Å². The van der Waals surface area contributed by atoms with Crippen LogP contribution >= 0.6 is 8.60 Å². The molecule has 2 rings (SSSR count). The lowest BCUT2D eigenvalue weighted by molar-refractivity contribution is 0.0238. The number of hydrogen-bond acceptors (Lipinski definition) is 3. The molecule has 0 fully saturated rings. The molecule has 0 saturated carbocycles. The topological polar surface area (TPSA) is 49.7 Å². The zero-order valence-corrected chi connectivity index (χ0v) is 29.3. The van der Waals surface area contributed by atoms with Crippen LogP contribution in [-0.2, 0) is 31.8 Å². The van der Waals surface area contributed by atoms with Gasteiger partial charge in [-0.25, -0.2) is 0 Å². The summed E-state index contributed by atoms with van der Waals surface area (Å²) in [6.45, 7) is 33.2. The summed E-state index contributed by atoms with van der Waals surface area (Å²) < 4.78 is 6.67. The summed E-state index contributed by atoms with van der Waals surface area (Å²) in [6, 6.07) is 13.5. The predicted octanol–water partition coefficient (Wildman–Crippen LogP) is 10.7. The number of hydrogen-bond donors (Lipinski definition) is 2. The molecule has 0 aliphatic carbocycles. The van der Waals surface area contributed by atoms with Gasteiger partial charge in [0.2, 0.25) is 0 Å². The van der Waals surface area contributed by atoms with Crippen LogP contribution in [0.3, 0.4) is 0 Å². The zero-order chi connectivity index (χ0) is 31.6. The second-order valence-electron chi connectivity index (χ2n) is 16.0. The van der Waals surface area contributed by atoms with Crippen LogP contribution in [0.25, 0.3) is 0 Å². The second-order valence-corrected chi connectivity index (χ2v) is 16.7. The quantitative estimate of drug-likeness (QED) is 0.216. The van der Waals surface area contributed by atoms with Gasteiger partial charge < -0.3 is 9.79 Å². The van der Waals surface area contributed by atoms with Crippen LogP contribution in [0.1, 0.15) is 149 Å². The highest BCUT2D eigenvalue weighted by Gasteiger charge is 2.49. The molecule has 1 atom stereocenters. The maximum Gasteiger partial charge on any atom is 0.328 e. The van der Waals surface area contributed by atoms with Crippen molar-refractivity contribution in [1.82, 2.24) is 0 Å². The van der Waals surface area contributed by atoms with Crippen molar-refractivity contribution in [2.24, 2.45) is 5.92 Å². The summed E-state index contributed by atoms with van der Waals surface area (Å²) in [5.74, 6) is -0.0487. The summed E-state index contributed by atoms with van der Waals surface area (Å²) >= 11 is 0. The monoisotopic (exact) mass is 582 g/mol. The van der Waals surface area contributed by atoms with Gasteiger partial charge in [0.1, 0.15) is 5.60 Å². The van der Waals surface area contributed by atoms with Gasteiger partial charge >= 0.3 is 8.60 Å². The number of benzene rings is 2. The van der Waals surface area contributed by atoms with Gasteiger partial charge in [0, 0.05) is 5.92 Å². The van der Waals surface area contributed by atoms with Crippen molar-refractivity contribution in [2.75, 3.05) is 0 Å². The predicted molar refractivity (Wildman–Crippen MR) is 179 cm³/mol. The first-order chi connectivity index (χ1) is 18.6. The van der Waals surface area contributed by atoms with E-state index in [2.05, 4.69) is 133 Å². The SMILES string of the molecule is C=CCC(CCCC)C(OP(O)O)(c1ccc(C(C)(C)C)cc1C(C)(C)C)c1ccc(C(C)(C)C)cc1C(C)(C)C. The van der Waals surface area contributed by atoms with Crippen molar-refractivity contribution >= 4 is 8.60 Å². The van der Waals surface area contributed by atoms with Crippen LogP contribution in [0.15, 0.2) is 49.1 Å². The summed E-state index contributed by atoms with van der Waals surface area (Å²) in [5, 5.41) is 0. The van der Waals surface area contributed by atoms with Gasteiger partial charge in [-0.05, 0) is 67.9 Å². The van der Waals surface area contributed by atoms with Crippen molar-refractivity contribution < 1.29 is 14.3 Å². The third kappa shape index (κ3) is 8.32. The van der Waals surface area contributed by atoms with Gasteiger partial charge in [0.25, 0.3) is 0 Å². The van der Waals surface area contributed by atoms with Gasteiger partial charge in [0.05, 0.1) is 0 Å². The van der Waals surface area contributed by atoms with Gasteiger partial charge in [-0.2, -0.15) is 0 Å². The average molecular weight is 583 g/mol. The van der Waals surface area contributed by atoms with E-state index < -0.39 is 14.2 Å². The molecule has 0 bridgehead atoms. The van der Waals surface area contributed by atoms with E-state index in [1.807, 2.05) is 6.08 Å². The van der Waals surface area contributed by atoms with Crippen molar-refractivity contribution in [3.8, 4) is 0 Å². The van der Waals surface area contributed by atoms with E-state index in [1.54, 1.807) is 0 Å². The third-order valence-electron chi connectivity index (χ3n) is 8.35. The minimum atomic E-state index is -2.69. The fraction of sp³-hybridized carbons (Fsp3) is 0.622. The summed E-state index contributed by atoms with van der Waals surface area (Å²) in [7, 11) is -2.69. The largest absolute Gasteiger partial charge is 0.328 e. The normalized spacial score (nSPS) is 14.4. The van der Waals surface area contributed by atoms with Crippen LogP contribution in [0.2, 0.25) is 0 Å². The zero-order valence-electron chi connectivity index (χ0n) is 28.4. The molecule has 0 heterocycles. The molecule has 0 amide bonds. The molecule has 2 N–H and O–H groups in total. The lowest BCUT2D eigenvalue weighted by atomic mass is 9.64.